The quantitative estimate of drug-likeness (QED) is 0.344. The molecule has 0 aliphatic heterocycles. The number of carbonyl (C=O) groups is 1. The van der Waals surface area contributed by atoms with Gasteiger partial charge in [-0.1, -0.05) is 47.6 Å². The molecular formula is C27H31N7O2. The predicted molar refractivity (Wildman–Crippen MR) is 142 cm³/mol. The van der Waals surface area contributed by atoms with E-state index < -0.39 is 0 Å². The lowest BCUT2D eigenvalue weighted by molar-refractivity contribution is 0.243. The SMILES string of the molecule is Cc1onc(-c2ccccc2)c1NC(=O)N[C@H]1CC[C@@H](Nc2nc(N(C)C)c3ccccc3n2)CC1. The first-order chi connectivity index (χ1) is 17.5. The summed E-state index contributed by atoms with van der Waals surface area (Å²) in [5.74, 6) is 2.11. The highest BCUT2D eigenvalue weighted by molar-refractivity contribution is 5.94. The molecule has 2 amide bonds. The summed E-state index contributed by atoms with van der Waals surface area (Å²) in [5.41, 5.74) is 3.04. The second kappa shape index (κ2) is 10.2. The van der Waals surface area contributed by atoms with Crippen LogP contribution in [0.1, 0.15) is 31.4 Å². The van der Waals surface area contributed by atoms with Crippen LogP contribution >= 0.6 is 0 Å². The van der Waals surface area contributed by atoms with Crippen molar-refractivity contribution in [3.63, 3.8) is 0 Å². The number of para-hydroxylation sites is 1. The van der Waals surface area contributed by atoms with E-state index >= 15 is 0 Å². The number of fused-ring (bicyclic) bond motifs is 1. The Hall–Kier alpha value is -4.14. The van der Waals surface area contributed by atoms with Crippen molar-refractivity contribution in [1.82, 2.24) is 20.4 Å². The zero-order valence-corrected chi connectivity index (χ0v) is 20.8. The van der Waals surface area contributed by atoms with Gasteiger partial charge >= 0.3 is 6.03 Å². The van der Waals surface area contributed by atoms with E-state index in [-0.39, 0.29) is 18.1 Å². The van der Waals surface area contributed by atoms with Crippen molar-refractivity contribution in [2.45, 2.75) is 44.7 Å². The Morgan fingerprint density at radius 2 is 1.64 bits per heavy atom. The summed E-state index contributed by atoms with van der Waals surface area (Å²) in [6.45, 7) is 1.79. The lowest BCUT2D eigenvalue weighted by Crippen LogP contribution is -2.42. The predicted octanol–water partition coefficient (Wildman–Crippen LogP) is 5.20. The number of rotatable bonds is 6. The highest BCUT2D eigenvalue weighted by atomic mass is 16.5. The van der Waals surface area contributed by atoms with Crippen molar-refractivity contribution in [3.05, 3.63) is 60.4 Å². The van der Waals surface area contributed by atoms with Crippen LogP contribution in [0, 0.1) is 6.92 Å². The van der Waals surface area contributed by atoms with Crippen LogP contribution < -0.4 is 20.9 Å². The van der Waals surface area contributed by atoms with E-state index in [1.54, 1.807) is 6.92 Å². The minimum Gasteiger partial charge on any atom is -0.362 e. The number of hydrogen-bond donors (Lipinski definition) is 3. The lowest BCUT2D eigenvalue weighted by atomic mass is 9.91. The zero-order valence-electron chi connectivity index (χ0n) is 20.8. The molecule has 5 rings (SSSR count). The van der Waals surface area contributed by atoms with E-state index in [0.29, 0.717) is 23.1 Å². The maximum atomic E-state index is 12.8. The second-order valence-corrected chi connectivity index (χ2v) is 9.40. The number of aromatic nitrogens is 3. The number of anilines is 3. The van der Waals surface area contributed by atoms with Crippen LogP contribution in [0.15, 0.2) is 59.1 Å². The number of aryl methyl sites for hydroxylation is 1. The molecule has 1 fully saturated rings. The Morgan fingerprint density at radius 1 is 0.944 bits per heavy atom. The van der Waals surface area contributed by atoms with Crippen LogP contribution in [0.25, 0.3) is 22.2 Å². The van der Waals surface area contributed by atoms with Gasteiger partial charge in [-0.3, -0.25) is 0 Å². The van der Waals surface area contributed by atoms with E-state index in [0.717, 1.165) is 48.0 Å². The summed E-state index contributed by atoms with van der Waals surface area (Å²) in [5, 5.41) is 14.7. The monoisotopic (exact) mass is 485 g/mol. The Morgan fingerprint density at radius 3 is 2.39 bits per heavy atom. The summed E-state index contributed by atoms with van der Waals surface area (Å²) in [6.07, 6.45) is 3.57. The number of amides is 2. The number of nitrogens with zero attached hydrogens (tertiary/aromatic N) is 4. The molecule has 1 aliphatic carbocycles. The molecule has 36 heavy (non-hydrogen) atoms. The van der Waals surface area contributed by atoms with Crippen LogP contribution in [-0.2, 0) is 0 Å². The zero-order chi connectivity index (χ0) is 25.1. The van der Waals surface area contributed by atoms with Crippen LogP contribution in [0.4, 0.5) is 22.2 Å². The van der Waals surface area contributed by atoms with Crippen LogP contribution in [0.3, 0.4) is 0 Å². The molecule has 4 aromatic rings. The third kappa shape index (κ3) is 5.10. The van der Waals surface area contributed by atoms with Crippen molar-refractivity contribution < 1.29 is 9.32 Å². The van der Waals surface area contributed by atoms with Crippen LogP contribution in [0.2, 0.25) is 0 Å². The maximum Gasteiger partial charge on any atom is 0.319 e. The fourth-order valence-electron chi connectivity index (χ4n) is 4.68. The van der Waals surface area contributed by atoms with Gasteiger partial charge in [0, 0.05) is 37.1 Å². The fourth-order valence-corrected chi connectivity index (χ4v) is 4.68. The summed E-state index contributed by atoms with van der Waals surface area (Å²) in [4.78, 5) is 24.3. The first-order valence-electron chi connectivity index (χ1n) is 12.3. The van der Waals surface area contributed by atoms with Crippen LogP contribution in [-0.4, -0.2) is 47.3 Å². The largest absolute Gasteiger partial charge is 0.362 e. The Bertz CT molecular complexity index is 1350. The highest BCUT2D eigenvalue weighted by Gasteiger charge is 2.25. The molecule has 0 saturated heterocycles. The average molecular weight is 486 g/mol. The van der Waals surface area contributed by atoms with Gasteiger partial charge in [0.25, 0.3) is 0 Å². The van der Waals surface area contributed by atoms with E-state index in [4.69, 9.17) is 14.5 Å². The van der Waals surface area contributed by atoms with E-state index in [1.807, 2.05) is 73.6 Å². The van der Waals surface area contributed by atoms with Gasteiger partial charge in [0.1, 0.15) is 17.2 Å². The molecule has 1 saturated carbocycles. The van der Waals surface area contributed by atoms with Gasteiger partial charge in [0.15, 0.2) is 5.76 Å². The first kappa shape index (κ1) is 23.6. The molecule has 2 aromatic carbocycles. The molecule has 0 bridgehead atoms. The molecule has 9 nitrogen and oxygen atoms in total. The fraction of sp³-hybridized carbons (Fsp3) is 0.333. The summed E-state index contributed by atoms with van der Waals surface area (Å²) in [6, 6.07) is 17.8. The summed E-state index contributed by atoms with van der Waals surface area (Å²) < 4.78 is 5.35. The molecular weight excluding hydrogens is 454 g/mol. The molecule has 2 heterocycles. The first-order valence-corrected chi connectivity index (χ1v) is 12.3. The van der Waals surface area contributed by atoms with Gasteiger partial charge < -0.3 is 25.4 Å². The number of benzene rings is 2. The third-order valence-corrected chi connectivity index (χ3v) is 6.55. The highest BCUT2D eigenvalue weighted by Crippen LogP contribution is 2.30. The van der Waals surface area contributed by atoms with Crippen molar-refractivity contribution >= 4 is 34.4 Å². The Balaban J connectivity index is 1.18. The summed E-state index contributed by atoms with van der Waals surface area (Å²) >= 11 is 0. The minimum absolute atomic E-state index is 0.0956. The third-order valence-electron chi connectivity index (χ3n) is 6.55. The standard InChI is InChI=1S/C27H31N7O2/c1-17-23(24(33-36-17)18-9-5-4-6-10-18)31-27(35)29-20-15-13-19(14-16-20)28-26-30-22-12-8-7-11-21(22)25(32-26)34(2)3/h4-12,19-20H,13-16H2,1-3H3,(H,28,30,32)(H2,29,31,35)/t19-,20+. The van der Waals surface area contributed by atoms with Gasteiger partial charge in [-0.2, -0.15) is 4.98 Å². The van der Waals surface area contributed by atoms with Gasteiger partial charge in [-0.15, -0.1) is 0 Å². The van der Waals surface area contributed by atoms with Gasteiger partial charge in [0.2, 0.25) is 5.95 Å². The normalized spacial score (nSPS) is 17.5. The molecule has 0 atom stereocenters. The number of carbonyl (C=O) groups excluding carboxylic acids is 1. The molecule has 9 heteroatoms. The molecule has 2 aromatic heterocycles. The molecule has 0 unspecified atom stereocenters. The smallest absolute Gasteiger partial charge is 0.319 e. The molecule has 0 radical (unpaired) electrons. The Labute approximate surface area is 210 Å². The maximum absolute atomic E-state index is 12.8. The topological polar surface area (TPSA) is 108 Å². The molecule has 0 spiro atoms. The van der Waals surface area contributed by atoms with Gasteiger partial charge in [0.05, 0.1) is 5.52 Å². The van der Waals surface area contributed by atoms with Crippen LogP contribution in [0.5, 0.6) is 0 Å². The van der Waals surface area contributed by atoms with Crippen molar-refractivity contribution in [3.8, 4) is 11.3 Å². The molecule has 1 aliphatic rings. The second-order valence-electron chi connectivity index (χ2n) is 9.40. The van der Waals surface area contributed by atoms with Crippen molar-refractivity contribution in [1.29, 1.82) is 0 Å². The van der Waals surface area contributed by atoms with Crippen molar-refractivity contribution in [2.75, 3.05) is 29.6 Å². The minimum atomic E-state index is -0.247. The van der Waals surface area contributed by atoms with Gasteiger partial charge in [-0.25, -0.2) is 9.78 Å². The lowest BCUT2D eigenvalue weighted by Gasteiger charge is -2.30. The van der Waals surface area contributed by atoms with Gasteiger partial charge in [-0.05, 0) is 44.7 Å². The van der Waals surface area contributed by atoms with E-state index in [2.05, 4.69) is 21.1 Å². The van der Waals surface area contributed by atoms with E-state index in [9.17, 15) is 4.79 Å². The molecule has 3 N–H and O–H groups in total. The Kier molecular flexibility index (Phi) is 6.71. The van der Waals surface area contributed by atoms with Crippen molar-refractivity contribution in [2.24, 2.45) is 0 Å². The number of urea groups is 1. The average Bonchev–Trinajstić information content (AvgIpc) is 3.24. The molecule has 186 valence electrons. The summed E-state index contributed by atoms with van der Waals surface area (Å²) in [7, 11) is 3.98. The number of hydrogen-bond acceptors (Lipinski definition) is 7. The number of nitrogens with one attached hydrogen (secondary N) is 3. The van der Waals surface area contributed by atoms with E-state index in [1.165, 1.54) is 0 Å².